The average molecular weight is 431 g/mol. The standard InChI is InChI=1S/C23H17N3O6/c27-20-16-8-7-15(26(31)32)10-17(16)21(28)24(20)13-3-5-14(6-4-13)25-22(29)18-11-1-2-12(9-11)19(18)23(25)30/h3-8,10-12,18-19H,1-2,9H2/t11-,12-,18-,19+/m0/s1. The SMILES string of the molecule is O=C1c2ccc([N+](=O)[O-])cc2C(=O)N1c1ccc(N2C(=O)[C@@H]3[C@H]4CC[C@@H](C4)[C@@H]3C2=O)cc1. The molecule has 2 aliphatic heterocycles. The number of fused-ring (bicyclic) bond motifs is 6. The van der Waals surface area contributed by atoms with Crippen molar-refractivity contribution in [3.8, 4) is 0 Å². The number of nitro groups is 1. The molecule has 4 aliphatic rings. The van der Waals surface area contributed by atoms with E-state index in [9.17, 15) is 29.3 Å². The van der Waals surface area contributed by atoms with Crippen LogP contribution in [0.3, 0.4) is 0 Å². The molecule has 2 bridgehead atoms. The highest BCUT2D eigenvalue weighted by Crippen LogP contribution is 2.56. The van der Waals surface area contributed by atoms with Crippen LogP contribution in [0, 0.1) is 33.8 Å². The summed E-state index contributed by atoms with van der Waals surface area (Å²) in [5.74, 6) is -1.43. The van der Waals surface area contributed by atoms with Crippen molar-refractivity contribution in [2.75, 3.05) is 9.80 Å². The maximum atomic E-state index is 13.0. The molecule has 32 heavy (non-hydrogen) atoms. The Balaban J connectivity index is 1.29. The predicted molar refractivity (Wildman–Crippen MR) is 111 cm³/mol. The van der Waals surface area contributed by atoms with Crippen LogP contribution in [0.2, 0.25) is 0 Å². The van der Waals surface area contributed by atoms with Gasteiger partial charge in [-0.2, -0.15) is 0 Å². The molecule has 0 aromatic heterocycles. The van der Waals surface area contributed by atoms with Gasteiger partial charge in [-0.1, -0.05) is 0 Å². The van der Waals surface area contributed by atoms with Crippen LogP contribution in [0.4, 0.5) is 17.1 Å². The number of nitrogens with zero attached hydrogens (tertiary/aromatic N) is 3. The summed E-state index contributed by atoms with van der Waals surface area (Å²) in [6.07, 6.45) is 2.95. The van der Waals surface area contributed by atoms with E-state index in [1.54, 1.807) is 12.1 Å². The van der Waals surface area contributed by atoms with Crippen LogP contribution in [0.5, 0.6) is 0 Å². The lowest BCUT2D eigenvalue weighted by Gasteiger charge is -2.19. The summed E-state index contributed by atoms with van der Waals surface area (Å²) in [7, 11) is 0. The molecular formula is C23H17N3O6. The summed E-state index contributed by atoms with van der Waals surface area (Å²) in [6, 6.07) is 9.68. The van der Waals surface area contributed by atoms with Gasteiger partial charge in [0.05, 0.1) is 39.3 Å². The van der Waals surface area contributed by atoms with Crippen molar-refractivity contribution in [2.45, 2.75) is 19.3 Å². The molecular weight excluding hydrogens is 414 g/mol. The summed E-state index contributed by atoms with van der Waals surface area (Å²) in [6.45, 7) is 0. The van der Waals surface area contributed by atoms with Crippen LogP contribution < -0.4 is 9.80 Å². The van der Waals surface area contributed by atoms with Crippen LogP contribution in [0.25, 0.3) is 0 Å². The van der Waals surface area contributed by atoms with Gasteiger partial charge in [-0.25, -0.2) is 4.90 Å². The number of hydrogen-bond donors (Lipinski definition) is 0. The number of anilines is 2. The highest BCUT2D eigenvalue weighted by atomic mass is 16.6. The first-order valence-corrected chi connectivity index (χ1v) is 10.5. The highest BCUT2D eigenvalue weighted by Gasteiger charge is 2.61. The Morgan fingerprint density at radius 3 is 1.84 bits per heavy atom. The molecule has 0 spiro atoms. The van der Waals surface area contributed by atoms with Crippen LogP contribution in [-0.4, -0.2) is 28.6 Å². The minimum atomic E-state index is -0.652. The van der Waals surface area contributed by atoms with E-state index in [-0.39, 0.29) is 58.0 Å². The Bertz CT molecular complexity index is 1220. The Morgan fingerprint density at radius 2 is 1.28 bits per heavy atom. The zero-order valence-corrected chi connectivity index (χ0v) is 16.8. The molecule has 2 aliphatic carbocycles. The van der Waals surface area contributed by atoms with Crippen molar-refractivity contribution in [1.29, 1.82) is 0 Å². The van der Waals surface area contributed by atoms with Gasteiger partial charge < -0.3 is 0 Å². The maximum absolute atomic E-state index is 13.0. The molecule has 9 heteroatoms. The Hall–Kier alpha value is -3.88. The number of carbonyl (C=O) groups is 4. The van der Waals surface area contributed by atoms with Gasteiger partial charge in [-0.05, 0) is 61.4 Å². The van der Waals surface area contributed by atoms with Crippen LogP contribution in [-0.2, 0) is 9.59 Å². The number of hydrogen-bond acceptors (Lipinski definition) is 6. The van der Waals surface area contributed by atoms with E-state index in [4.69, 9.17) is 0 Å². The third kappa shape index (κ3) is 2.33. The normalized spacial score (nSPS) is 28.0. The van der Waals surface area contributed by atoms with Crippen molar-refractivity contribution in [1.82, 2.24) is 0 Å². The van der Waals surface area contributed by atoms with Crippen LogP contribution in [0.15, 0.2) is 42.5 Å². The molecule has 4 atom stereocenters. The van der Waals surface area contributed by atoms with E-state index in [0.29, 0.717) is 5.69 Å². The lowest BCUT2D eigenvalue weighted by atomic mass is 9.81. The van der Waals surface area contributed by atoms with E-state index >= 15 is 0 Å². The average Bonchev–Trinajstić information content (AvgIpc) is 3.52. The molecule has 0 N–H and O–H groups in total. The molecule has 1 saturated heterocycles. The van der Waals surface area contributed by atoms with Crippen LogP contribution in [0.1, 0.15) is 40.0 Å². The van der Waals surface area contributed by atoms with Crippen molar-refractivity contribution in [3.63, 3.8) is 0 Å². The fraction of sp³-hybridized carbons (Fsp3) is 0.304. The summed E-state index contributed by atoms with van der Waals surface area (Å²) in [5, 5.41) is 11.0. The second-order valence-corrected chi connectivity index (χ2v) is 8.85. The van der Waals surface area contributed by atoms with Crippen LogP contribution >= 0.6 is 0 Å². The van der Waals surface area contributed by atoms with Crippen molar-refractivity contribution in [3.05, 3.63) is 63.7 Å². The molecule has 2 saturated carbocycles. The molecule has 6 rings (SSSR count). The van der Waals surface area contributed by atoms with Gasteiger partial charge in [0, 0.05) is 12.1 Å². The fourth-order valence-corrected chi connectivity index (χ4v) is 5.99. The topological polar surface area (TPSA) is 118 Å². The summed E-state index contributed by atoms with van der Waals surface area (Å²) in [4.78, 5) is 64.1. The number of carbonyl (C=O) groups excluding carboxylic acids is 4. The van der Waals surface area contributed by atoms with E-state index in [2.05, 4.69) is 0 Å². The zero-order chi connectivity index (χ0) is 22.3. The third-order valence-corrected chi connectivity index (χ3v) is 7.37. The van der Waals surface area contributed by atoms with Gasteiger partial charge in [-0.3, -0.25) is 34.2 Å². The number of benzene rings is 2. The minimum Gasteiger partial charge on any atom is -0.274 e. The Labute approximate surface area is 181 Å². The highest BCUT2D eigenvalue weighted by molar-refractivity contribution is 6.34. The first kappa shape index (κ1) is 18.9. The fourth-order valence-electron chi connectivity index (χ4n) is 5.99. The molecule has 2 aromatic carbocycles. The van der Waals surface area contributed by atoms with Gasteiger partial charge in [0.2, 0.25) is 11.8 Å². The van der Waals surface area contributed by atoms with Crippen molar-refractivity contribution >= 4 is 40.7 Å². The smallest absolute Gasteiger partial charge is 0.270 e. The maximum Gasteiger partial charge on any atom is 0.270 e. The zero-order valence-electron chi connectivity index (χ0n) is 16.8. The summed E-state index contributed by atoms with van der Waals surface area (Å²) < 4.78 is 0. The largest absolute Gasteiger partial charge is 0.274 e. The number of nitro benzene ring substituents is 1. The van der Waals surface area contributed by atoms with E-state index < -0.39 is 16.7 Å². The van der Waals surface area contributed by atoms with Gasteiger partial charge in [-0.15, -0.1) is 0 Å². The molecule has 4 amide bonds. The molecule has 160 valence electrons. The second kappa shape index (κ2) is 6.32. The number of non-ortho nitro benzene ring substituents is 1. The Kier molecular flexibility index (Phi) is 3.72. The monoisotopic (exact) mass is 431 g/mol. The summed E-state index contributed by atoms with van der Waals surface area (Å²) in [5.41, 5.74) is 0.485. The molecule has 3 fully saturated rings. The first-order chi connectivity index (χ1) is 15.4. The van der Waals surface area contributed by atoms with Gasteiger partial charge >= 0.3 is 0 Å². The van der Waals surface area contributed by atoms with E-state index in [0.717, 1.165) is 30.2 Å². The van der Waals surface area contributed by atoms with Gasteiger partial charge in [0.15, 0.2) is 0 Å². The molecule has 0 radical (unpaired) electrons. The van der Waals surface area contributed by atoms with E-state index in [1.165, 1.54) is 29.2 Å². The van der Waals surface area contributed by atoms with E-state index in [1.807, 2.05) is 0 Å². The van der Waals surface area contributed by atoms with Gasteiger partial charge in [0.25, 0.3) is 17.5 Å². The molecule has 9 nitrogen and oxygen atoms in total. The quantitative estimate of drug-likeness (QED) is 0.419. The molecule has 2 heterocycles. The third-order valence-electron chi connectivity index (χ3n) is 7.37. The van der Waals surface area contributed by atoms with Crippen molar-refractivity contribution in [2.24, 2.45) is 23.7 Å². The summed E-state index contributed by atoms with van der Waals surface area (Å²) >= 11 is 0. The first-order valence-electron chi connectivity index (χ1n) is 10.5. The number of amides is 4. The number of rotatable bonds is 3. The predicted octanol–water partition coefficient (Wildman–Crippen LogP) is 2.93. The van der Waals surface area contributed by atoms with Gasteiger partial charge in [0.1, 0.15) is 0 Å². The Morgan fingerprint density at radius 1 is 0.750 bits per heavy atom. The lowest BCUT2D eigenvalue weighted by Crippen LogP contribution is -2.33. The molecule has 0 unspecified atom stereocenters. The number of imide groups is 2. The van der Waals surface area contributed by atoms with Crippen molar-refractivity contribution < 1.29 is 24.1 Å². The lowest BCUT2D eigenvalue weighted by molar-refractivity contribution is -0.384. The minimum absolute atomic E-state index is 0.0264. The molecule has 2 aromatic rings. The second-order valence-electron chi connectivity index (χ2n) is 8.85.